The van der Waals surface area contributed by atoms with E-state index < -0.39 is 5.91 Å². The van der Waals surface area contributed by atoms with Crippen LogP contribution in [0.3, 0.4) is 0 Å². The minimum Gasteiger partial charge on any atom is -0.487 e. The summed E-state index contributed by atoms with van der Waals surface area (Å²) >= 11 is 2.77. The number of ether oxygens (including phenoxy) is 1. The fraction of sp³-hybridized carbons (Fsp3) is 0.261. The predicted octanol–water partition coefficient (Wildman–Crippen LogP) is 3.32. The van der Waals surface area contributed by atoms with Gasteiger partial charge >= 0.3 is 0 Å². The Kier molecular flexibility index (Phi) is 5.33. The van der Waals surface area contributed by atoms with Crippen molar-refractivity contribution in [2.75, 3.05) is 0 Å². The van der Waals surface area contributed by atoms with Gasteiger partial charge in [0, 0.05) is 12.0 Å². The van der Waals surface area contributed by atoms with Gasteiger partial charge in [0.25, 0.3) is 11.5 Å². The number of nitrogens with one attached hydrogen (secondary N) is 1. The Bertz CT molecular complexity index is 1530. The molecule has 1 saturated carbocycles. The minimum absolute atomic E-state index is 0.0329. The lowest BCUT2D eigenvalue weighted by Gasteiger charge is -2.20. The molecule has 4 heterocycles. The van der Waals surface area contributed by atoms with Gasteiger partial charge in [-0.3, -0.25) is 15.0 Å². The van der Waals surface area contributed by atoms with E-state index in [9.17, 15) is 9.59 Å². The van der Waals surface area contributed by atoms with Crippen molar-refractivity contribution < 1.29 is 9.53 Å². The molecule has 1 aliphatic carbocycles. The molecule has 3 aromatic rings. The Morgan fingerprint density at radius 3 is 2.77 bits per heavy atom. The van der Waals surface area contributed by atoms with Crippen LogP contribution < -0.4 is 10.3 Å². The molecular formula is C23H19N7O3S2. The zero-order valence-electron chi connectivity index (χ0n) is 18.6. The summed E-state index contributed by atoms with van der Waals surface area (Å²) in [6, 6.07) is 8.54. The number of hydrogen-bond donors (Lipinski definition) is 1. The van der Waals surface area contributed by atoms with Gasteiger partial charge in [0.1, 0.15) is 22.4 Å². The largest absolute Gasteiger partial charge is 0.487 e. The van der Waals surface area contributed by atoms with Gasteiger partial charge in [-0.1, -0.05) is 30.4 Å². The first-order valence-corrected chi connectivity index (χ1v) is 12.7. The Morgan fingerprint density at radius 2 is 2.03 bits per heavy atom. The second kappa shape index (κ2) is 8.54. The standard InChI is InChI=1S/C23H19N7O3S2/c1-2-17-27-29-18(31)10-14(25-22(29)34-17)11-33-15-7-3-12(4-8-15)9-16-19(24)30-23(26-20(16)32)35-21(28-30)13-5-6-13/h3-4,7-10,13,24H,2,5-6,11H2,1H3/b16-9+,24-19?. The van der Waals surface area contributed by atoms with Crippen molar-refractivity contribution >= 4 is 56.1 Å². The van der Waals surface area contributed by atoms with Crippen LogP contribution in [0.1, 0.15) is 36.0 Å². The van der Waals surface area contributed by atoms with Crippen LogP contribution >= 0.6 is 23.1 Å². The van der Waals surface area contributed by atoms with E-state index in [0.717, 1.165) is 34.9 Å². The maximum Gasteiger partial charge on any atom is 0.283 e. The number of hydrazone groups is 1. The van der Waals surface area contributed by atoms with Gasteiger partial charge in [0.05, 0.1) is 11.3 Å². The number of hydrogen-bond acceptors (Lipinski definition) is 9. The Labute approximate surface area is 207 Å². The van der Waals surface area contributed by atoms with Crippen LogP contribution in [0.25, 0.3) is 11.0 Å². The van der Waals surface area contributed by atoms with Crippen molar-refractivity contribution in [3.05, 3.63) is 62.5 Å². The minimum atomic E-state index is -0.441. The van der Waals surface area contributed by atoms with E-state index in [-0.39, 0.29) is 23.6 Å². The highest BCUT2D eigenvalue weighted by Crippen LogP contribution is 2.40. The van der Waals surface area contributed by atoms with Gasteiger partial charge in [-0.25, -0.2) is 4.98 Å². The first-order valence-electron chi connectivity index (χ1n) is 11.1. The highest BCUT2D eigenvalue weighted by atomic mass is 32.2. The van der Waals surface area contributed by atoms with Crippen LogP contribution in [0.4, 0.5) is 0 Å². The molecule has 176 valence electrons. The average Bonchev–Trinajstić information content (AvgIpc) is 3.47. The lowest BCUT2D eigenvalue weighted by Crippen LogP contribution is -2.35. The van der Waals surface area contributed by atoms with Crippen molar-refractivity contribution in [3.63, 3.8) is 0 Å². The Balaban J connectivity index is 1.16. The lowest BCUT2D eigenvalue weighted by atomic mass is 10.1. The molecule has 2 aromatic heterocycles. The maximum atomic E-state index is 12.6. The Morgan fingerprint density at radius 1 is 1.23 bits per heavy atom. The summed E-state index contributed by atoms with van der Waals surface area (Å²) in [7, 11) is 0. The molecule has 35 heavy (non-hydrogen) atoms. The molecule has 0 atom stereocenters. The fourth-order valence-corrected chi connectivity index (χ4v) is 5.52. The number of aromatic nitrogens is 3. The molecule has 0 radical (unpaired) electrons. The summed E-state index contributed by atoms with van der Waals surface area (Å²) in [5.74, 6) is 0.615. The molecule has 0 spiro atoms. The van der Waals surface area contributed by atoms with E-state index in [1.54, 1.807) is 30.3 Å². The second-order valence-electron chi connectivity index (χ2n) is 8.22. The number of carbonyl (C=O) groups is 1. The zero-order valence-corrected chi connectivity index (χ0v) is 20.2. The highest BCUT2D eigenvalue weighted by Gasteiger charge is 2.40. The predicted molar refractivity (Wildman–Crippen MR) is 135 cm³/mol. The number of nitrogens with zero attached hydrogens (tertiary/aromatic N) is 6. The van der Waals surface area contributed by atoms with Crippen molar-refractivity contribution in [2.45, 2.75) is 32.8 Å². The van der Waals surface area contributed by atoms with E-state index in [1.807, 2.05) is 6.92 Å². The number of aryl methyl sites for hydroxylation is 1. The number of thioether (sulfide) groups is 1. The summed E-state index contributed by atoms with van der Waals surface area (Å²) in [4.78, 5) is 34.0. The van der Waals surface area contributed by atoms with E-state index in [4.69, 9.17) is 10.1 Å². The molecule has 6 rings (SSSR count). The number of carbonyl (C=O) groups excluding carboxylic acids is 1. The number of amides is 1. The van der Waals surface area contributed by atoms with Crippen molar-refractivity contribution in [2.24, 2.45) is 16.0 Å². The second-order valence-corrected chi connectivity index (χ2v) is 10.2. The normalized spacial score (nSPS) is 18.8. The molecule has 1 fully saturated rings. The smallest absolute Gasteiger partial charge is 0.283 e. The molecule has 1 amide bonds. The molecule has 0 bridgehead atoms. The Hall–Kier alpha value is -3.64. The van der Waals surface area contributed by atoms with Gasteiger partial charge in [-0.15, -0.1) is 0 Å². The molecular weight excluding hydrogens is 486 g/mol. The molecule has 10 nitrogen and oxygen atoms in total. The lowest BCUT2D eigenvalue weighted by molar-refractivity contribution is -0.114. The first kappa shape index (κ1) is 21.9. The summed E-state index contributed by atoms with van der Waals surface area (Å²) in [6.45, 7) is 2.12. The quantitative estimate of drug-likeness (QED) is 0.510. The highest BCUT2D eigenvalue weighted by molar-refractivity contribution is 8.27. The molecule has 0 unspecified atom stereocenters. The van der Waals surface area contributed by atoms with E-state index >= 15 is 0 Å². The van der Waals surface area contributed by atoms with Gasteiger partial charge in [-0.05, 0) is 54.8 Å². The monoisotopic (exact) mass is 505 g/mol. The topological polar surface area (TPSA) is 125 Å². The van der Waals surface area contributed by atoms with Gasteiger partial charge < -0.3 is 4.74 Å². The summed E-state index contributed by atoms with van der Waals surface area (Å²) in [5.41, 5.74) is 1.22. The van der Waals surface area contributed by atoms with Crippen LogP contribution in [0.15, 0.2) is 50.8 Å². The molecule has 3 aliphatic rings. The van der Waals surface area contributed by atoms with E-state index in [0.29, 0.717) is 27.5 Å². The van der Waals surface area contributed by atoms with Crippen LogP contribution in [0, 0.1) is 11.3 Å². The fourth-order valence-electron chi connectivity index (χ4n) is 3.60. The summed E-state index contributed by atoms with van der Waals surface area (Å²) in [5, 5.41) is 20.9. The third-order valence-corrected chi connectivity index (χ3v) is 7.74. The van der Waals surface area contributed by atoms with Crippen LogP contribution in [0.2, 0.25) is 0 Å². The van der Waals surface area contributed by atoms with Gasteiger partial charge in [0.2, 0.25) is 10.1 Å². The van der Waals surface area contributed by atoms with Crippen LogP contribution in [-0.2, 0) is 17.8 Å². The summed E-state index contributed by atoms with van der Waals surface area (Å²) in [6.07, 6.45) is 4.57. The molecule has 0 saturated heterocycles. The SMILES string of the molecule is CCc1nn2c(=O)cc(COc3ccc(/C=C4\C(=N)N5N=C(C6CC6)SC5=NC4=O)cc3)nc2s1. The first-order chi connectivity index (χ1) is 17.0. The van der Waals surface area contributed by atoms with Crippen LogP contribution in [-0.4, -0.2) is 41.6 Å². The van der Waals surface area contributed by atoms with Crippen molar-refractivity contribution in [3.8, 4) is 5.75 Å². The zero-order chi connectivity index (χ0) is 24.1. The third-order valence-electron chi connectivity index (χ3n) is 5.62. The number of amidine groups is 2. The van der Waals surface area contributed by atoms with Crippen molar-refractivity contribution in [1.29, 1.82) is 5.41 Å². The maximum absolute atomic E-state index is 12.6. The molecule has 12 heteroatoms. The van der Waals surface area contributed by atoms with Gasteiger partial charge in [0.15, 0.2) is 5.84 Å². The number of fused-ring (bicyclic) bond motifs is 2. The number of rotatable bonds is 6. The number of aliphatic imine (C=N–C) groups is 1. The molecule has 1 aromatic carbocycles. The van der Waals surface area contributed by atoms with E-state index in [1.165, 1.54) is 38.7 Å². The van der Waals surface area contributed by atoms with Gasteiger partial charge in [-0.2, -0.15) is 24.7 Å². The average molecular weight is 506 g/mol. The van der Waals surface area contributed by atoms with E-state index in [2.05, 4.69) is 20.2 Å². The molecule has 2 aliphatic heterocycles. The molecule has 1 N–H and O–H groups in total. The van der Waals surface area contributed by atoms with Crippen molar-refractivity contribution in [1.82, 2.24) is 19.6 Å². The van der Waals surface area contributed by atoms with Crippen LogP contribution in [0.5, 0.6) is 5.75 Å². The number of benzene rings is 1. The third kappa shape index (κ3) is 4.19. The summed E-state index contributed by atoms with van der Waals surface area (Å²) < 4.78 is 7.12.